The van der Waals surface area contributed by atoms with E-state index in [9.17, 15) is 0 Å². The molecule has 4 heteroatoms. The normalized spacial score (nSPS) is 16.9. The number of nitrogen functional groups attached to an aromatic ring is 1. The van der Waals surface area contributed by atoms with Gasteiger partial charge < -0.3 is 15.4 Å². The first-order chi connectivity index (χ1) is 9.11. The van der Waals surface area contributed by atoms with Gasteiger partial charge in [-0.25, -0.2) is 0 Å². The topological polar surface area (TPSA) is 51.4 Å². The third-order valence-corrected chi connectivity index (χ3v) is 3.96. The molecule has 106 valence electrons. The number of pyridine rings is 1. The molecule has 0 saturated carbocycles. The van der Waals surface area contributed by atoms with Gasteiger partial charge in [-0.15, -0.1) is 0 Å². The van der Waals surface area contributed by atoms with E-state index >= 15 is 0 Å². The molecule has 0 atom stereocenters. The molecule has 1 saturated heterocycles. The molecule has 1 fully saturated rings. The van der Waals surface area contributed by atoms with Crippen molar-refractivity contribution < 1.29 is 4.74 Å². The summed E-state index contributed by atoms with van der Waals surface area (Å²) in [4.78, 5) is 6.87. The molecule has 0 unspecified atom stereocenters. The van der Waals surface area contributed by atoms with Gasteiger partial charge >= 0.3 is 0 Å². The highest BCUT2D eigenvalue weighted by molar-refractivity contribution is 5.54. The van der Waals surface area contributed by atoms with E-state index in [0.717, 1.165) is 30.7 Å². The second kappa shape index (κ2) is 6.13. The summed E-state index contributed by atoms with van der Waals surface area (Å²) in [6, 6.07) is 3.88. The lowest BCUT2D eigenvalue weighted by Crippen LogP contribution is -2.35. The Hall–Kier alpha value is -1.45. The van der Waals surface area contributed by atoms with Gasteiger partial charge in [-0.05, 0) is 43.7 Å². The van der Waals surface area contributed by atoms with E-state index in [1.54, 1.807) is 0 Å². The van der Waals surface area contributed by atoms with E-state index in [1.807, 2.05) is 19.1 Å². The molecule has 2 rings (SSSR count). The highest BCUT2D eigenvalue weighted by Gasteiger charge is 2.22. The van der Waals surface area contributed by atoms with Crippen LogP contribution in [0, 0.1) is 11.8 Å². The summed E-state index contributed by atoms with van der Waals surface area (Å²) >= 11 is 0. The third-order valence-electron chi connectivity index (χ3n) is 3.96. The SMILES string of the molecule is CCOc1nc(N2CCC(C(C)C)CC2)ccc1N. The second-order valence-electron chi connectivity index (χ2n) is 5.57. The maximum absolute atomic E-state index is 5.86. The minimum absolute atomic E-state index is 0.561. The van der Waals surface area contributed by atoms with E-state index in [2.05, 4.69) is 23.7 Å². The molecule has 0 aromatic carbocycles. The first-order valence-electron chi connectivity index (χ1n) is 7.26. The molecule has 2 heterocycles. The number of hydrogen-bond donors (Lipinski definition) is 1. The van der Waals surface area contributed by atoms with E-state index in [4.69, 9.17) is 10.5 Å². The predicted molar refractivity (Wildman–Crippen MR) is 79.6 cm³/mol. The van der Waals surface area contributed by atoms with E-state index in [0.29, 0.717) is 18.2 Å². The van der Waals surface area contributed by atoms with Gasteiger partial charge in [-0.2, -0.15) is 4.98 Å². The van der Waals surface area contributed by atoms with Crippen molar-refractivity contribution >= 4 is 11.5 Å². The molecule has 0 aliphatic carbocycles. The van der Waals surface area contributed by atoms with Crippen molar-refractivity contribution in [1.29, 1.82) is 0 Å². The molecule has 0 spiro atoms. The number of nitrogens with two attached hydrogens (primary N) is 1. The van der Waals surface area contributed by atoms with E-state index in [-0.39, 0.29) is 0 Å². The van der Waals surface area contributed by atoms with Crippen LogP contribution in [0.15, 0.2) is 12.1 Å². The zero-order valence-electron chi connectivity index (χ0n) is 12.2. The molecule has 1 aromatic heterocycles. The second-order valence-corrected chi connectivity index (χ2v) is 5.57. The number of piperidine rings is 1. The van der Waals surface area contributed by atoms with Gasteiger partial charge in [-0.1, -0.05) is 13.8 Å². The standard InChI is InChI=1S/C15H25N3O/c1-4-19-15-13(16)5-6-14(17-15)18-9-7-12(8-10-18)11(2)3/h5-6,11-12H,4,7-10,16H2,1-3H3. The summed E-state index contributed by atoms with van der Waals surface area (Å²) < 4.78 is 5.46. The molecular weight excluding hydrogens is 238 g/mol. The summed E-state index contributed by atoms with van der Waals surface area (Å²) in [6.07, 6.45) is 2.49. The number of ether oxygens (including phenoxy) is 1. The number of aromatic nitrogens is 1. The lowest BCUT2D eigenvalue weighted by atomic mass is 9.87. The fourth-order valence-electron chi connectivity index (χ4n) is 2.67. The lowest BCUT2D eigenvalue weighted by molar-refractivity contribution is 0.308. The Morgan fingerprint density at radius 3 is 2.63 bits per heavy atom. The zero-order valence-corrected chi connectivity index (χ0v) is 12.2. The van der Waals surface area contributed by atoms with Gasteiger partial charge in [0.1, 0.15) is 5.82 Å². The molecule has 4 nitrogen and oxygen atoms in total. The van der Waals surface area contributed by atoms with Crippen molar-refractivity contribution in [2.45, 2.75) is 33.6 Å². The summed E-state index contributed by atoms with van der Waals surface area (Å²) in [7, 11) is 0. The fraction of sp³-hybridized carbons (Fsp3) is 0.667. The Balaban J connectivity index is 2.05. The van der Waals surface area contributed by atoms with Crippen molar-refractivity contribution in [3.8, 4) is 5.88 Å². The molecule has 0 radical (unpaired) electrons. The first kappa shape index (κ1) is 14.0. The summed E-state index contributed by atoms with van der Waals surface area (Å²) in [5.74, 6) is 3.17. The molecule has 1 aliphatic rings. The molecule has 2 N–H and O–H groups in total. The van der Waals surface area contributed by atoms with Gasteiger partial charge in [0.05, 0.1) is 12.3 Å². The first-order valence-corrected chi connectivity index (χ1v) is 7.26. The van der Waals surface area contributed by atoms with Crippen molar-refractivity contribution in [2.24, 2.45) is 11.8 Å². The Morgan fingerprint density at radius 2 is 2.05 bits per heavy atom. The van der Waals surface area contributed by atoms with Gasteiger partial charge in [-0.3, -0.25) is 0 Å². The third kappa shape index (κ3) is 3.31. The van der Waals surface area contributed by atoms with Crippen LogP contribution in [0.1, 0.15) is 33.6 Å². The van der Waals surface area contributed by atoms with Crippen LogP contribution >= 0.6 is 0 Å². The highest BCUT2D eigenvalue weighted by atomic mass is 16.5. The van der Waals surface area contributed by atoms with E-state index < -0.39 is 0 Å². The van der Waals surface area contributed by atoms with Crippen LogP contribution in [0.5, 0.6) is 5.88 Å². The van der Waals surface area contributed by atoms with Crippen molar-refractivity contribution in [1.82, 2.24) is 4.98 Å². The Kier molecular flexibility index (Phi) is 4.51. The van der Waals surface area contributed by atoms with Crippen LogP contribution < -0.4 is 15.4 Å². The van der Waals surface area contributed by atoms with Gasteiger partial charge in [0.15, 0.2) is 0 Å². The number of nitrogens with zero attached hydrogens (tertiary/aromatic N) is 2. The van der Waals surface area contributed by atoms with Crippen LogP contribution in [0.2, 0.25) is 0 Å². The molecule has 19 heavy (non-hydrogen) atoms. The fourth-order valence-corrected chi connectivity index (χ4v) is 2.67. The van der Waals surface area contributed by atoms with Gasteiger partial charge in [0, 0.05) is 13.1 Å². The van der Waals surface area contributed by atoms with Crippen LogP contribution in [-0.4, -0.2) is 24.7 Å². The minimum Gasteiger partial charge on any atom is -0.476 e. The van der Waals surface area contributed by atoms with Crippen molar-refractivity contribution in [2.75, 3.05) is 30.3 Å². The Labute approximate surface area is 116 Å². The minimum atomic E-state index is 0.561. The molecule has 0 amide bonds. The molecule has 1 aromatic rings. The largest absolute Gasteiger partial charge is 0.476 e. The monoisotopic (exact) mass is 263 g/mol. The zero-order chi connectivity index (χ0) is 13.8. The van der Waals surface area contributed by atoms with Gasteiger partial charge in [0.25, 0.3) is 0 Å². The van der Waals surface area contributed by atoms with E-state index in [1.165, 1.54) is 12.8 Å². The Bertz CT molecular complexity index is 412. The highest BCUT2D eigenvalue weighted by Crippen LogP contribution is 2.29. The van der Waals surface area contributed by atoms with Gasteiger partial charge in [0.2, 0.25) is 5.88 Å². The smallest absolute Gasteiger partial charge is 0.239 e. The average molecular weight is 263 g/mol. The van der Waals surface area contributed by atoms with Crippen LogP contribution in [0.4, 0.5) is 11.5 Å². The Morgan fingerprint density at radius 1 is 1.37 bits per heavy atom. The molecule has 1 aliphatic heterocycles. The van der Waals surface area contributed by atoms with Crippen molar-refractivity contribution in [3.63, 3.8) is 0 Å². The molecular formula is C15H25N3O. The van der Waals surface area contributed by atoms with Crippen molar-refractivity contribution in [3.05, 3.63) is 12.1 Å². The number of anilines is 2. The number of rotatable bonds is 4. The average Bonchev–Trinajstić information content (AvgIpc) is 2.41. The number of hydrogen-bond acceptors (Lipinski definition) is 4. The predicted octanol–water partition coefficient (Wildman–Crippen LogP) is 2.93. The quantitative estimate of drug-likeness (QED) is 0.907. The summed E-state index contributed by atoms with van der Waals surface area (Å²) in [6.45, 7) is 9.32. The van der Waals surface area contributed by atoms with Crippen LogP contribution in [0.25, 0.3) is 0 Å². The summed E-state index contributed by atoms with van der Waals surface area (Å²) in [5, 5.41) is 0. The molecule has 0 bridgehead atoms. The maximum atomic E-state index is 5.86. The lowest BCUT2D eigenvalue weighted by Gasteiger charge is -2.34. The summed E-state index contributed by atoms with van der Waals surface area (Å²) in [5.41, 5.74) is 6.47. The van der Waals surface area contributed by atoms with Crippen LogP contribution in [0.3, 0.4) is 0 Å². The maximum Gasteiger partial charge on any atom is 0.239 e. The van der Waals surface area contributed by atoms with Crippen LogP contribution in [-0.2, 0) is 0 Å².